The van der Waals surface area contributed by atoms with Crippen molar-refractivity contribution in [2.75, 3.05) is 40.9 Å². The Hall–Kier alpha value is -3.36. The van der Waals surface area contributed by atoms with Crippen molar-refractivity contribution in [3.63, 3.8) is 0 Å². The van der Waals surface area contributed by atoms with E-state index in [4.69, 9.17) is 9.05 Å². The summed E-state index contributed by atoms with van der Waals surface area (Å²) < 4.78 is 23.3. The van der Waals surface area contributed by atoms with Crippen molar-refractivity contribution >= 4 is 13.7 Å². The van der Waals surface area contributed by atoms with Crippen molar-refractivity contribution in [1.82, 2.24) is 5.32 Å². The first-order valence-corrected chi connectivity index (χ1v) is 32.0. The number of nitrogens with one attached hydrogen (secondary N) is 1. The third kappa shape index (κ3) is 58.3. The van der Waals surface area contributed by atoms with E-state index >= 15 is 0 Å². The number of unbranched alkanes of at least 4 members (excludes halogenated alkanes) is 21. The van der Waals surface area contributed by atoms with Gasteiger partial charge in [0.05, 0.1) is 39.9 Å². The second-order valence-corrected chi connectivity index (χ2v) is 22.7. The summed E-state index contributed by atoms with van der Waals surface area (Å²) in [4.78, 5) is 25.5. The number of phosphoric ester groups is 1. The molecule has 76 heavy (non-hydrogen) atoms. The lowest BCUT2D eigenvalue weighted by Gasteiger charge is -2.29. The smallest absolute Gasteiger partial charge is 0.268 e. The summed E-state index contributed by atoms with van der Waals surface area (Å²) in [6, 6.07) is -0.921. The number of hydrogen-bond donors (Lipinski definition) is 2. The van der Waals surface area contributed by atoms with Gasteiger partial charge in [0.25, 0.3) is 7.82 Å². The molecule has 434 valence electrons. The van der Waals surface area contributed by atoms with Gasteiger partial charge in [0.1, 0.15) is 13.2 Å². The van der Waals surface area contributed by atoms with E-state index < -0.39 is 26.6 Å². The highest BCUT2D eigenvalue weighted by molar-refractivity contribution is 7.45. The average Bonchev–Trinajstić information content (AvgIpc) is 3.38. The van der Waals surface area contributed by atoms with E-state index in [0.29, 0.717) is 17.4 Å². The minimum Gasteiger partial charge on any atom is -0.756 e. The number of quaternary nitrogens is 1. The Labute approximate surface area is 468 Å². The van der Waals surface area contributed by atoms with Gasteiger partial charge in [-0.05, 0) is 96.3 Å². The molecular formula is C67H115N2O6P. The highest BCUT2D eigenvalue weighted by Gasteiger charge is 2.23. The van der Waals surface area contributed by atoms with Crippen molar-refractivity contribution in [2.45, 2.75) is 244 Å². The molecule has 3 unspecified atom stereocenters. The van der Waals surface area contributed by atoms with Crippen molar-refractivity contribution in [1.29, 1.82) is 0 Å². The fourth-order valence-electron chi connectivity index (χ4n) is 8.12. The minimum atomic E-state index is -4.62. The molecule has 0 radical (unpaired) electrons. The molecule has 2 N–H and O–H groups in total. The van der Waals surface area contributed by atoms with E-state index in [1.807, 2.05) is 27.2 Å². The van der Waals surface area contributed by atoms with Crippen LogP contribution in [0.15, 0.2) is 134 Å². The molecule has 9 heteroatoms. The van der Waals surface area contributed by atoms with Gasteiger partial charge in [0.15, 0.2) is 0 Å². The summed E-state index contributed by atoms with van der Waals surface area (Å²) in [7, 11) is 1.21. The normalized spacial score (nSPS) is 14.8. The molecule has 0 fully saturated rings. The van der Waals surface area contributed by atoms with Crippen LogP contribution in [0.5, 0.6) is 0 Å². The molecule has 0 aliphatic rings. The first-order valence-electron chi connectivity index (χ1n) is 30.5. The molecule has 0 aliphatic carbocycles. The van der Waals surface area contributed by atoms with Crippen LogP contribution in [-0.2, 0) is 18.4 Å². The van der Waals surface area contributed by atoms with Crippen LogP contribution >= 0.6 is 7.82 Å². The molecule has 0 aliphatic heterocycles. The number of nitrogens with zero attached hydrogens (tertiary/aromatic N) is 1. The van der Waals surface area contributed by atoms with Crippen LogP contribution in [0.1, 0.15) is 232 Å². The van der Waals surface area contributed by atoms with Gasteiger partial charge in [0.2, 0.25) is 5.91 Å². The van der Waals surface area contributed by atoms with E-state index in [2.05, 4.69) is 141 Å². The third-order valence-corrected chi connectivity index (χ3v) is 13.8. The number of carbonyl (C=O) groups excluding carboxylic acids is 1. The molecule has 0 aromatic heterocycles. The van der Waals surface area contributed by atoms with Crippen molar-refractivity contribution < 1.29 is 32.9 Å². The summed E-state index contributed by atoms with van der Waals surface area (Å²) in [6.45, 7) is 4.50. The van der Waals surface area contributed by atoms with Gasteiger partial charge < -0.3 is 28.8 Å². The molecule has 0 saturated carbocycles. The first kappa shape index (κ1) is 72.6. The Morgan fingerprint density at radius 2 is 0.803 bits per heavy atom. The molecule has 1 amide bonds. The Morgan fingerprint density at radius 3 is 1.17 bits per heavy atom. The predicted molar refractivity (Wildman–Crippen MR) is 329 cm³/mol. The molecule has 0 bridgehead atoms. The van der Waals surface area contributed by atoms with Crippen LogP contribution in [-0.4, -0.2) is 68.5 Å². The number of carbonyl (C=O) groups is 1. The SMILES string of the molecule is CC/C=C\C/C=C\C/C=C\C/C=C\C/C=C\C/C=C\C/C=C\C/C=C\C/C=C\C/C=C\CCCCC(=O)NC(COP(=O)([O-])OCC[N+](C)(C)C)C(O)/C=C/CCCCCCCCCCCCCCCCCCCCC. The van der Waals surface area contributed by atoms with Crippen LogP contribution in [0.4, 0.5) is 0 Å². The average molecular weight is 1080 g/mol. The Balaban J connectivity index is 4.33. The molecule has 0 aromatic carbocycles. The summed E-state index contributed by atoms with van der Waals surface area (Å²) in [5, 5.41) is 13.9. The van der Waals surface area contributed by atoms with E-state index in [9.17, 15) is 19.4 Å². The maximum atomic E-state index is 13.0. The summed E-state index contributed by atoms with van der Waals surface area (Å²) in [5.41, 5.74) is 0. The fraction of sp³-hybridized carbons (Fsp3) is 0.657. The third-order valence-electron chi connectivity index (χ3n) is 12.9. The van der Waals surface area contributed by atoms with Gasteiger partial charge in [-0.15, -0.1) is 0 Å². The van der Waals surface area contributed by atoms with E-state index in [1.165, 1.54) is 109 Å². The highest BCUT2D eigenvalue weighted by Crippen LogP contribution is 2.38. The number of aliphatic hydroxyl groups excluding tert-OH is 1. The van der Waals surface area contributed by atoms with Crippen LogP contribution in [0.2, 0.25) is 0 Å². The molecule has 0 spiro atoms. The number of phosphoric acid groups is 1. The standard InChI is InChI=1S/C67H115N2O6P/c1-6-8-10-12-14-16-18-20-22-24-26-28-29-30-31-32-33-34-35-36-37-38-39-41-43-45-47-49-51-53-55-57-59-61-67(71)68-65(64-75-76(72,73)74-63-62-69(3,4)5)66(70)60-58-56-54-52-50-48-46-44-42-40-27-25-23-21-19-17-15-13-11-9-7-2/h8,10,14,16,20,22,26,28,30-31,33-34,36-37,39,41,45,47,51,53,58,60,65-66,70H,6-7,9,11-13,15,17-19,21,23-25,27,29,32,35,38,40,42-44,46,48-50,52,54-57,59,61-64H2,1-5H3,(H-,68,71,72,73)/b10-8-,16-14-,22-20-,28-26-,31-30-,34-33-,37-36-,41-39-,47-45-,53-51-,60-58+. The monoisotopic (exact) mass is 1070 g/mol. The minimum absolute atomic E-state index is 0.0168. The Bertz CT molecular complexity index is 1700. The van der Waals surface area contributed by atoms with Gasteiger partial charge >= 0.3 is 0 Å². The van der Waals surface area contributed by atoms with Crippen molar-refractivity contribution in [2.24, 2.45) is 0 Å². The quantitative estimate of drug-likeness (QED) is 0.0272. The maximum absolute atomic E-state index is 13.0. The topological polar surface area (TPSA) is 108 Å². The lowest BCUT2D eigenvalue weighted by atomic mass is 10.0. The Kier molecular flexibility index (Phi) is 53.9. The van der Waals surface area contributed by atoms with E-state index in [1.54, 1.807) is 6.08 Å². The summed E-state index contributed by atoms with van der Waals surface area (Å²) in [6.07, 6.45) is 85.3. The maximum Gasteiger partial charge on any atom is 0.268 e. The van der Waals surface area contributed by atoms with Gasteiger partial charge in [-0.3, -0.25) is 9.36 Å². The lowest BCUT2D eigenvalue weighted by Crippen LogP contribution is -2.45. The summed E-state index contributed by atoms with van der Waals surface area (Å²) >= 11 is 0. The molecule has 0 heterocycles. The molecular weight excluding hydrogens is 960 g/mol. The molecule has 3 atom stereocenters. The highest BCUT2D eigenvalue weighted by atomic mass is 31.2. The predicted octanol–water partition coefficient (Wildman–Crippen LogP) is 18.5. The van der Waals surface area contributed by atoms with Gasteiger partial charge in [-0.1, -0.05) is 263 Å². The van der Waals surface area contributed by atoms with Crippen LogP contribution in [0.3, 0.4) is 0 Å². The van der Waals surface area contributed by atoms with E-state index in [-0.39, 0.29) is 18.9 Å². The first-order chi connectivity index (χ1) is 37.0. The van der Waals surface area contributed by atoms with Crippen LogP contribution < -0.4 is 10.2 Å². The molecule has 0 rings (SSSR count). The second kappa shape index (κ2) is 56.4. The number of likely N-dealkylation sites (N-methyl/N-ethyl adjacent to an activating group) is 1. The van der Waals surface area contributed by atoms with Crippen molar-refractivity contribution in [3.05, 3.63) is 134 Å². The Morgan fingerprint density at radius 1 is 0.474 bits per heavy atom. The number of allylic oxidation sites excluding steroid dienone is 21. The lowest BCUT2D eigenvalue weighted by molar-refractivity contribution is -0.870. The molecule has 0 aromatic rings. The van der Waals surface area contributed by atoms with Gasteiger partial charge in [-0.2, -0.15) is 0 Å². The second-order valence-electron chi connectivity index (χ2n) is 21.3. The van der Waals surface area contributed by atoms with Crippen LogP contribution in [0, 0.1) is 0 Å². The molecule has 0 saturated heterocycles. The molecule has 8 nitrogen and oxygen atoms in total. The van der Waals surface area contributed by atoms with Gasteiger partial charge in [-0.25, -0.2) is 0 Å². The largest absolute Gasteiger partial charge is 0.756 e. The number of rotatable bonds is 54. The zero-order valence-electron chi connectivity index (χ0n) is 49.4. The number of aliphatic hydroxyl groups is 1. The zero-order chi connectivity index (χ0) is 55.6. The van der Waals surface area contributed by atoms with Gasteiger partial charge in [0, 0.05) is 6.42 Å². The fourth-order valence-corrected chi connectivity index (χ4v) is 8.84. The summed E-state index contributed by atoms with van der Waals surface area (Å²) in [5.74, 6) is -0.244. The zero-order valence-corrected chi connectivity index (χ0v) is 50.3. The van der Waals surface area contributed by atoms with Crippen molar-refractivity contribution in [3.8, 4) is 0 Å². The van der Waals surface area contributed by atoms with Crippen LogP contribution in [0.25, 0.3) is 0 Å². The number of amides is 1. The number of hydrogen-bond acceptors (Lipinski definition) is 6. The van der Waals surface area contributed by atoms with E-state index in [0.717, 1.165) is 96.3 Å².